The molecule has 2 aliphatic rings. The molecule has 2 aliphatic heterocycles. The summed E-state index contributed by atoms with van der Waals surface area (Å²) in [5.74, 6) is 0.124. The standard InChI is InChI=1S/C10H19N3O/c1-11-6-10(14)13-9-4-7-2-3-8(5-9)12-7/h7-9,11-12H,2-6H2,1H3,(H,13,14). The SMILES string of the molecule is CNCC(=O)NC1CC2CCC(C1)N2. The van der Waals surface area contributed by atoms with Crippen LogP contribution >= 0.6 is 0 Å². The smallest absolute Gasteiger partial charge is 0.234 e. The highest BCUT2D eigenvalue weighted by Gasteiger charge is 2.33. The third-order valence-electron chi connectivity index (χ3n) is 3.18. The monoisotopic (exact) mass is 197 g/mol. The third-order valence-corrected chi connectivity index (χ3v) is 3.18. The minimum atomic E-state index is 0.124. The molecule has 3 N–H and O–H groups in total. The van der Waals surface area contributed by atoms with Crippen LogP contribution in [0, 0.1) is 0 Å². The van der Waals surface area contributed by atoms with E-state index in [2.05, 4.69) is 16.0 Å². The van der Waals surface area contributed by atoms with E-state index in [1.807, 2.05) is 0 Å². The highest BCUT2D eigenvalue weighted by atomic mass is 16.1. The maximum absolute atomic E-state index is 11.4. The van der Waals surface area contributed by atoms with Gasteiger partial charge in [-0.3, -0.25) is 4.79 Å². The minimum absolute atomic E-state index is 0.124. The van der Waals surface area contributed by atoms with Gasteiger partial charge in [0.05, 0.1) is 6.54 Å². The van der Waals surface area contributed by atoms with Crippen molar-refractivity contribution in [1.29, 1.82) is 0 Å². The van der Waals surface area contributed by atoms with E-state index in [0.29, 0.717) is 24.7 Å². The number of hydrogen-bond donors (Lipinski definition) is 3. The second kappa shape index (κ2) is 4.28. The van der Waals surface area contributed by atoms with E-state index < -0.39 is 0 Å². The van der Waals surface area contributed by atoms with Crippen molar-refractivity contribution < 1.29 is 4.79 Å². The molecule has 1 amide bonds. The molecular weight excluding hydrogens is 178 g/mol. The van der Waals surface area contributed by atoms with Crippen LogP contribution < -0.4 is 16.0 Å². The van der Waals surface area contributed by atoms with Crippen molar-refractivity contribution in [2.24, 2.45) is 0 Å². The molecular formula is C10H19N3O. The maximum atomic E-state index is 11.4. The Balaban J connectivity index is 1.79. The molecule has 0 radical (unpaired) electrons. The Morgan fingerprint density at radius 3 is 2.57 bits per heavy atom. The van der Waals surface area contributed by atoms with E-state index in [1.54, 1.807) is 7.05 Å². The summed E-state index contributed by atoms with van der Waals surface area (Å²) in [6.45, 7) is 0.430. The van der Waals surface area contributed by atoms with Gasteiger partial charge < -0.3 is 16.0 Å². The second-order valence-corrected chi connectivity index (χ2v) is 4.40. The maximum Gasteiger partial charge on any atom is 0.234 e. The zero-order valence-electron chi connectivity index (χ0n) is 8.68. The predicted molar refractivity (Wildman–Crippen MR) is 55.0 cm³/mol. The van der Waals surface area contributed by atoms with Gasteiger partial charge in [-0.25, -0.2) is 0 Å². The number of carbonyl (C=O) groups is 1. The van der Waals surface area contributed by atoms with Crippen LogP contribution in [0.3, 0.4) is 0 Å². The Labute approximate surface area is 84.8 Å². The van der Waals surface area contributed by atoms with Gasteiger partial charge in [-0.15, -0.1) is 0 Å². The highest BCUT2D eigenvalue weighted by Crippen LogP contribution is 2.26. The average molecular weight is 197 g/mol. The van der Waals surface area contributed by atoms with E-state index in [1.165, 1.54) is 12.8 Å². The lowest BCUT2D eigenvalue weighted by atomic mass is 10.00. The molecule has 0 aromatic carbocycles. The highest BCUT2D eigenvalue weighted by molar-refractivity contribution is 5.78. The van der Waals surface area contributed by atoms with Crippen LogP contribution in [-0.4, -0.2) is 37.6 Å². The van der Waals surface area contributed by atoms with E-state index in [4.69, 9.17) is 0 Å². The molecule has 2 fully saturated rings. The molecule has 2 bridgehead atoms. The number of piperidine rings is 1. The molecule has 0 saturated carbocycles. The molecule has 0 aromatic rings. The fraction of sp³-hybridized carbons (Fsp3) is 0.900. The minimum Gasteiger partial charge on any atom is -0.352 e. The molecule has 2 rings (SSSR count). The van der Waals surface area contributed by atoms with Gasteiger partial charge in [0.25, 0.3) is 0 Å². The van der Waals surface area contributed by atoms with Crippen molar-refractivity contribution in [2.75, 3.05) is 13.6 Å². The lowest BCUT2D eigenvalue weighted by molar-refractivity contribution is -0.121. The van der Waals surface area contributed by atoms with Gasteiger partial charge in [-0.1, -0.05) is 0 Å². The molecule has 2 atom stereocenters. The van der Waals surface area contributed by atoms with Gasteiger partial charge in [0.2, 0.25) is 5.91 Å². The lowest BCUT2D eigenvalue weighted by Gasteiger charge is -2.29. The molecule has 2 saturated heterocycles. The van der Waals surface area contributed by atoms with E-state index in [0.717, 1.165) is 12.8 Å². The summed E-state index contributed by atoms with van der Waals surface area (Å²) in [6, 6.07) is 1.69. The molecule has 0 spiro atoms. The van der Waals surface area contributed by atoms with Gasteiger partial charge in [0, 0.05) is 18.1 Å². The zero-order valence-corrected chi connectivity index (χ0v) is 8.68. The topological polar surface area (TPSA) is 53.2 Å². The first-order chi connectivity index (χ1) is 6.78. The summed E-state index contributed by atoms with van der Waals surface area (Å²) in [5.41, 5.74) is 0. The Bertz CT molecular complexity index is 207. The molecule has 0 aromatic heterocycles. The van der Waals surface area contributed by atoms with Crippen molar-refractivity contribution in [1.82, 2.24) is 16.0 Å². The summed E-state index contributed by atoms with van der Waals surface area (Å²) in [6.07, 6.45) is 4.77. The molecule has 4 heteroatoms. The predicted octanol–water partition coefficient (Wildman–Crippen LogP) is -0.395. The van der Waals surface area contributed by atoms with E-state index in [9.17, 15) is 4.79 Å². The van der Waals surface area contributed by atoms with Crippen molar-refractivity contribution >= 4 is 5.91 Å². The van der Waals surface area contributed by atoms with Gasteiger partial charge >= 0.3 is 0 Å². The summed E-state index contributed by atoms with van der Waals surface area (Å²) in [4.78, 5) is 11.4. The second-order valence-electron chi connectivity index (χ2n) is 4.40. The van der Waals surface area contributed by atoms with E-state index >= 15 is 0 Å². The summed E-state index contributed by atoms with van der Waals surface area (Å²) < 4.78 is 0. The summed E-state index contributed by atoms with van der Waals surface area (Å²) in [5, 5.41) is 9.51. The quantitative estimate of drug-likeness (QED) is 0.577. The number of fused-ring (bicyclic) bond motifs is 2. The lowest BCUT2D eigenvalue weighted by Crippen LogP contribution is -2.49. The summed E-state index contributed by atoms with van der Waals surface area (Å²) in [7, 11) is 1.80. The van der Waals surface area contributed by atoms with Gasteiger partial charge in [0.15, 0.2) is 0 Å². The van der Waals surface area contributed by atoms with Crippen LogP contribution in [0.1, 0.15) is 25.7 Å². The Morgan fingerprint density at radius 1 is 1.36 bits per heavy atom. The zero-order chi connectivity index (χ0) is 9.97. The largest absolute Gasteiger partial charge is 0.352 e. The Kier molecular flexibility index (Phi) is 3.03. The number of rotatable bonds is 3. The normalized spacial score (nSPS) is 35.6. The first-order valence-electron chi connectivity index (χ1n) is 5.48. The first kappa shape index (κ1) is 9.93. The number of likely N-dealkylation sites (N-methyl/N-ethyl adjacent to an activating group) is 1. The average Bonchev–Trinajstić information content (AvgIpc) is 2.46. The molecule has 2 unspecified atom stereocenters. The van der Waals surface area contributed by atoms with Crippen molar-refractivity contribution in [3.05, 3.63) is 0 Å². The fourth-order valence-corrected chi connectivity index (χ4v) is 2.61. The Morgan fingerprint density at radius 2 is 2.00 bits per heavy atom. The van der Waals surface area contributed by atoms with Crippen LogP contribution in [0.4, 0.5) is 0 Å². The fourth-order valence-electron chi connectivity index (χ4n) is 2.61. The van der Waals surface area contributed by atoms with Crippen molar-refractivity contribution in [3.8, 4) is 0 Å². The van der Waals surface area contributed by atoms with Gasteiger partial charge in [-0.05, 0) is 32.7 Å². The van der Waals surface area contributed by atoms with Crippen LogP contribution in [0.5, 0.6) is 0 Å². The van der Waals surface area contributed by atoms with Gasteiger partial charge in [-0.2, -0.15) is 0 Å². The van der Waals surface area contributed by atoms with Crippen LogP contribution in [0.25, 0.3) is 0 Å². The first-order valence-corrected chi connectivity index (χ1v) is 5.48. The van der Waals surface area contributed by atoms with Crippen LogP contribution in [-0.2, 0) is 4.79 Å². The number of nitrogens with one attached hydrogen (secondary N) is 3. The van der Waals surface area contributed by atoms with Gasteiger partial charge in [0.1, 0.15) is 0 Å². The van der Waals surface area contributed by atoms with Crippen molar-refractivity contribution in [2.45, 2.75) is 43.8 Å². The van der Waals surface area contributed by atoms with E-state index in [-0.39, 0.29) is 5.91 Å². The molecule has 80 valence electrons. The van der Waals surface area contributed by atoms with Crippen molar-refractivity contribution in [3.63, 3.8) is 0 Å². The molecule has 2 heterocycles. The van der Waals surface area contributed by atoms with Crippen LogP contribution in [0.2, 0.25) is 0 Å². The number of amides is 1. The summed E-state index contributed by atoms with van der Waals surface area (Å²) >= 11 is 0. The Hall–Kier alpha value is -0.610. The molecule has 4 nitrogen and oxygen atoms in total. The molecule has 0 aliphatic carbocycles. The van der Waals surface area contributed by atoms with Crippen LogP contribution in [0.15, 0.2) is 0 Å². The number of carbonyl (C=O) groups excluding carboxylic acids is 1. The third kappa shape index (κ3) is 2.25. The molecule has 14 heavy (non-hydrogen) atoms. The number of hydrogen-bond acceptors (Lipinski definition) is 3.